The first-order chi connectivity index (χ1) is 9.74. The van der Waals surface area contributed by atoms with Crippen molar-refractivity contribution in [3.8, 4) is 0 Å². The highest BCUT2D eigenvalue weighted by atomic mass is 19.3. The van der Waals surface area contributed by atoms with Crippen LogP contribution in [0.25, 0.3) is 0 Å². The minimum atomic E-state index is -2.51. The monoisotopic (exact) mass is 277 g/mol. The minimum Gasteiger partial charge on any atom is -0.348 e. The van der Waals surface area contributed by atoms with Crippen molar-refractivity contribution in [3.05, 3.63) is 47.8 Å². The molecule has 1 aliphatic carbocycles. The fourth-order valence-corrected chi connectivity index (χ4v) is 2.33. The Hall–Kier alpha value is -1.78. The first-order valence-electron chi connectivity index (χ1n) is 6.94. The Kier molecular flexibility index (Phi) is 3.76. The predicted molar refractivity (Wildman–Crippen MR) is 72.3 cm³/mol. The van der Waals surface area contributed by atoms with Gasteiger partial charge in [-0.1, -0.05) is 30.3 Å². The lowest BCUT2D eigenvalue weighted by Gasteiger charge is -2.29. The second-order valence-corrected chi connectivity index (χ2v) is 5.27. The molecule has 1 saturated carbocycles. The van der Waals surface area contributed by atoms with Crippen molar-refractivity contribution < 1.29 is 8.78 Å². The van der Waals surface area contributed by atoms with Crippen molar-refractivity contribution in [1.82, 2.24) is 4.90 Å². The number of hydrogen-bond donors (Lipinski definition) is 0. The molecule has 2 aliphatic rings. The van der Waals surface area contributed by atoms with E-state index >= 15 is 0 Å². The number of azo groups is 1. The molecule has 20 heavy (non-hydrogen) atoms. The number of hydrogen-bond acceptors (Lipinski definition) is 3. The molecule has 1 atom stereocenters. The molecule has 3 nitrogen and oxygen atoms in total. The Bertz CT molecular complexity index is 509. The summed E-state index contributed by atoms with van der Waals surface area (Å²) in [7, 11) is 0. The van der Waals surface area contributed by atoms with Crippen LogP contribution in [0.2, 0.25) is 0 Å². The van der Waals surface area contributed by atoms with E-state index in [4.69, 9.17) is 0 Å². The number of benzene rings is 1. The maximum Gasteiger partial charge on any atom is 0.280 e. The summed E-state index contributed by atoms with van der Waals surface area (Å²) in [6.45, 7) is 0.536. The standard InChI is InChI=1S/C15H17F2N3/c16-14(17)15-19-18-13(12-6-7-12)10-20(15)9-8-11-4-2-1-3-5-11/h1-5,10,12,14-15H,6-9H2. The molecule has 1 aromatic carbocycles. The van der Waals surface area contributed by atoms with Crippen LogP contribution >= 0.6 is 0 Å². The van der Waals surface area contributed by atoms with Gasteiger partial charge >= 0.3 is 0 Å². The van der Waals surface area contributed by atoms with E-state index in [0.29, 0.717) is 12.5 Å². The maximum absolute atomic E-state index is 13.0. The van der Waals surface area contributed by atoms with Crippen LogP contribution in [0.1, 0.15) is 18.4 Å². The molecule has 0 spiro atoms. The summed E-state index contributed by atoms with van der Waals surface area (Å²) in [4.78, 5) is 1.64. The van der Waals surface area contributed by atoms with Crippen molar-refractivity contribution in [1.29, 1.82) is 0 Å². The first kappa shape index (κ1) is 13.2. The summed E-state index contributed by atoms with van der Waals surface area (Å²) in [5.74, 6) is 0.427. The molecular weight excluding hydrogens is 260 g/mol. The zero-order valence-electron chi connectivity index (χ0n) is 11.1. The Balaban J connectivity index is 1.68. The van der Waals surface area contributed by atoms with Crippen LogP contribution in [0, 0.1) is 5.92 Å². The molecule has 0 N–H and O–H groups in total. The second kappa shape index (κ2) is 5.69. The van der Waals surface area contributed by atoms with Crippen LogP contribution < -0.4 is 0 Å². The average Bonchev–Trinajstić information content (AvgIpc) is 3.30. The highest BCUT2D eigenvalue weighted by Gasteiger charge is 2.33. The van der Waals surface area contributed by atoms with E-state index in [1.807, 2.05) is 30.3 Å². The van der Waals surface area contributed by atoms with Crippen LogP contribution in [0.15, 0.2) is 52.5 Å². The summed E-state index contributed by atoms with van der Waals surface area (Å²) in [5, 5.41) is 7.76. The first-order valence-corrected chi connectivity index (χ1v) is 6.94. The van der Waals surface area contributed by atoms with Gasteiger partial charge in [0.1, 0.15) is 0 Å². The van der Waals surface area contributed by atoms with Crippen molar-refractivity contribution in [3.63, 3.8) is 0 Å². The Morgan fingerprint density at radius 3 is 2.60 bits per heavy atom. The number of halogens is 2. The van der Waals surface area contributed by atoms with E-state index in [9.17, 15) is 8.78 Å². The van der Waals surface area contributed by atoms with Gasteiger partial charge in [-0.3, -0.25) is 0 Å². The predicted octanol–water partition coefficient (Wildman–Crippen LogP) is 3.84. The third-order valence-corrected chi connectivity index (χ3v) is 3.65. The summed E-state index contributed by atoms with van der Waals surface area (Å²) in [5.41, 5.74) is 2.00. The van der Waals surface area contributed by atoms with Gasteiger partial charge in [0.15, 0.2) is 0 Å². The normalized spacial score (nSPS) is 22.2. The smallest absolute Gasteiger partial charge is 0.280 e. The molecule has 106 valence electrons. The minimum absolute atomic E-state index is 0.427. The SMILES string of the molecule is FC(F)C1N=NC(C2CC2)=CN1CCc1ccccc1. The summed E-state index contributed by atoms with van der Waals surface area (Å²) >= 11 is 0. The van der Waals surface area contributed by atoms with Gasteiger partial charge in [-0.25, -0.2) is 8.78 Å². The van der Waals surface area contributed by atoms with E-state index in [-0.39, 0.29) is 0 Å². The van der Waals surface area contributed by atoms with Gasteiger partial charge in [-0.2, -0.15) is 10.2 Å². The quantitative estimate of drug-likeness (QED) is 0.803. The number of alkyl halides is 2. The molecule has 1 heterocycles. The average molecular weight is 277 g/mol. The zero-order valence-corrected chi connectivity index (χ0v) is 11.1. The molecule has 5 heteroatoms. The van der Waals surface area contributed by atoms with Gasteiger partial charge in [-0.15, -0.1) is 0 Å². The molecule has 1 aliphatic heterocycles. The summed E-state index contributed by atoms with van der Waals surface area (Å²) < 4.78 is 26.0. The molecule has 1 aromatic rings. The van der Waals surface area contributed by atoms with Crippen LogP contribution in [0.4, 0.5) is 8.78 Å². The third kappa shape index (κ3) is 3.03. The molecule has 3 rings (SSSR count). The molecule has 0 amide bonds. The third-order valence-electron chi connectivity index (χ3n) is 3.65. The van der Waals surface area contributed by atoms with Crippen LogP contribution in [0.3, 0.4) is 0 Å². The molecule has 1 fully saturated rings. The lowest BCUT2D eigenvalue weighted by Crippen LogP contribution is -2.38. The fraction of sp³-hybridized carbons (Fsp3) is 0.467. The van der Waals surface area contributed by atoms with Gasteiger partial charge < -0.3 is 4.90 Å². The number of rotatable bonds is 5. The number of allylic oxidation sites excluding steroid dienone is 1. The van der Waals surface area contributed by atoms with Crippen molar-refractivity contribution in [2.45, 2.75) is 31.9 Å². The summed E-state index contributed by atoms with van der Waals surface area (Å²) in [6, 6.07) is 9.89. The van der Waals surface area contributed by atoms with E-state index in [0.717, 1.165) is 30.5 Å². The molecule has 1 unspecified atom stereocenters. The van der Waals surface area contributed by atoms with Crippen LogP contribution in [-0.4, -0.2) is 24.0 Å². The lowest BCUT2D eigenvalue weighted by atomic mass is 10.1. The van der Waals surface area contributed by atoms with Gasteiger partial charge in [0, 0.05) is 18.7 Å². The highest BCUT2D eigenvalue weighted by Crippen LogP contribution is 2.39. The van der Waals surface area contributed by atoms with Crippen LogP contribution in [-0.2, 0) is 6.42 Å². The van der Waals surface area contributed by atoms with Crippen molar-refractivity contribution in [2.24, 2.45) is 16.1 Å². The van der Waals surface area contributed by atoms with Gasteiger partial charge in [0.25, 0.3) is 6.43 Å². The lowest BCUT2D eigenvalue weighted by molar-refractivity contribution is 0.0447. The fourth-order valence-electron chi connectivity index (χ4n) is 2.33. The highest BCUT2D eigenvalue weighted by molar-refractivity contribution is 5.16. The van der Waals surface area contributed by atoms with Crippen molar-refractivity contribution >= 4 is 0 Å². The summed E-state index contributed by atoms with van der Waals surface area (Å²) in [6.07, 6.45) is 1.05. The maximum atomic E-state index is 13.0. The van der Waals surface area contributed by atoms with Gasteiger partial charge in [0.2, 0.25) is 6.17 Å². The molecule has 0 bridgehead atoms. The van der Waals surface area contributed by atoms with Crippen LogP contribution in [0.5, 0.6) is 0 Å². The van der Waals surface area contributed by atoms with E-state index < -0.39 is 12.6 Å². The van der Waals surface area contributed by atoms with Gasteiger partial charge in [0.05, 0.1) is 5.70 Å². The second-order valence-electron chi connectivity index (χ2n) is 5.27. The molecule has 0 aromatic heterocycles. The van der Waals surface area contributed by atoms with Gasteiger partial charge in [-0.05, 0) is 24.8 Å². The Morgan fingerprint density at radius 1 is 1.20 bits per heavy atom. The topological polar surface area (TPSA) is 28.0 Å². The number of nitrogens with zero attached hydrogens (tertiary/aromatic N) is 3. The Morgan fingerprint density at radius 2 is 1.95 bits per heavy atom. The zero-order chi connectivity index (χ0) is 13.9. The van der Waals surface area contributed by atoms with E-state index in [1.165, 1.54) is 0 Å². The van der Waals surface area contributed by atoms with Crippen molar-refractivity contribution in [2.75, 3.05) is 6.54 Å². The van der Waals surface area contributed by atoms with E-state index in [1.54, 1.807) is 11.1 Å². The Labute approximate surface area is 117 Å². The molecule has 0 radical (unpaired) electrons. The molecular formula is C15H17F2N3. The van der Waals surface area contributed by atoms with E-state index in [2.05, 4.69) is 10.2 Å². The molecule has 0 saturated heterocycles. The largest absolute Gasteiger partial charge is 0.348 e.